The molecule has 0 saturated carbocycles. The number of thiazole rings is 1. The second-order valence-corrected chi connectivity index (χ2v) is 7.26. The van der Waals surface area contributed by atoms with E-state index in [9.17, 15) is 9.18 Å². The molecule has 0 bridgehead atoms. The summed E-state index contributed by atoms with van der Waals surface area (Å²) in [6.07, 6.45) is 2.53. The highest BCUT2D eigenvalue weighted by molar-refractivity contribution is 7.09. The lowest BCUT2D eigenvalue weighted by Crippen LogP contribution is -2.44. The van der Waals surface area contributed by atoms with Crippen molar-refractivity contribution in [1.29, 1.82) is 0 Å². The molecule has 3 N–H and O–H groups in total. The maximum absolute atomic E-state index is 13.0. The number of carbonyl (C=O) groups is 1. The standard InChI is InChI=1S/C18H23FN4OS/c19-14-3-1-13(2-4-14)11-23-9-6-15(7-10-23)21-18(24)16-12-25-17(22-16)5-8-20/h1-4,12,15H,5-11,20H2,(H,21,24). The van der Waals surface area contributed by atoms with E-state index in [1.807, 2.05) is 12.1 Å². The fourth-order valence-electron chi connectivity index (χ4n) is 3.00. The monoisotopic (exact) mass is 362 g/mol. The number of halogens is 1. The molecule has 1 fully saturated rings. The van der Waals surface area contributed by atoms with Crippen LogP contribution >= 0.6 is 11.3 Å². The first-order valence-electron chi connectivity index (χ1n) is 8.56. The Bertz CT molecular complexity index is 695. The van der Waals surface area contributed by atoms with E-state index < -0.39 is 0 Å². The number of hydrogen-bond donors (Lipinski definition) is 2. The van der Waals surface area contributed by atoms with Crippen LogP contribution in [-0.4, -0.2) is 41.5 Å². The number of benzene rings is 1. The summed E-state index contributed by atoms with van der Waals surface area (Å²) in [5.74, 6) is -0.307. The van der Waals surface area contributed by atoms with E-state index in [0.717, 1.165) is 43.0 Å². The molecule has 0 spiro atoms. The van der Waals surface area contributed by atoms with Gasteiger partial charge in [-0.25, -0.2) is 9.37 Å². The number of aromatic nitrogens is 1. The van der Waals surface area contributed by atoms with Crippen molar-refractivity contribution in [2.75, 3.05) is 19.6 Å². The molecule has 2 heterocycles. The summed E-state index contributed by atoms with van der Waals surface area (Å²) in [5.41, 5.74) is 7.11. The van der Waals surface area contributed by atoms with E-state index in [1.54, 1.807) is 5.38 Å². The Labute approximate surface area is 151 Å². The van der Waals surface area contributed by atoms with Gasteiger partial charge in [0.2, 0.25) is 0 Å². The first-order chi connectivity index (χ1) is 12.1. The van der Waals surface area contributed by atoms with Gasteiger partial charge in [-0.3, -0.25) is 9.69 Å². The number of carbonyl (C=O) groups excluding carboxylic acids is 1. The minimum absolute atomic E-state index is 0.100. The number of nitrogens with zero attached hydrogens (tertiary/aromatic N) is 2. The van der Waals surface area contributed by atoms with Crippen LogP contribution in [0.1, 0.15) is 33.9 Å². The third-order valence-corrected chi connectivity index (χ3v) is 5.29. The highest BCUT2D eigenvalue weighted by atomic mass is 32.1. The van der Waals surface area contributed by atoms with Gasteiger partial charge in [0.15, 0.2) is 0 Å². The molecule has 7 heteroatoms. The van der Waals surface area contributed by atoms with Crippen LogP contribution in [-0.2, 0) is 13.0 Å². The molecule has 134 valence electrons. The van der Waals surface area contributed by atoms with E-state index >= 15 is 0 Å². The van der Waals surface area contributed by atoms with Crippen LogP contribution < -0.4 is 11.1 Å². The van der Waals surface area contributed by atoms with E-state index in [4.69, 9.17) is 5.73 Å². The molecule has 1 aromatic heterocycles. The molecule has 1 aromatic carbocycles. The largest absolute Gasteiger partial charge is 0.348 e. The Kier molecular flexibility index (Phi) is 6.12. The molecule has 0 unspecified atom stereocenters. The molecule has 2 aromatic rings. The van der Waals surface area contributed by atoms with Crippen LogP contribution in [0.4, 0.5) is 4.39 Å². The normalized spacial score (nSPS) is 16.1. The molecule has 1 saturated heterocycles. The first-order valence-corrected chi connectivity index (χ1v) is 9.44. The number of rotatable bonds is 6. The van der Waals surface area contributed by atoms with Crippen molar-refractivity contribution in [3.8, 4) is 0 Å². The molecule has 0 atom stereocenters. The van der Waals surface area contributed by atoms with E-state index in [-0.39, 0.29) is 17.8 Å². The second kappa shape index (κ2) is 8.51. The summed E-state index contributed by atoms with van der Waals surface area (Å²) >= 11 is 1.48. The minimum atomic E-state index is -0.207. The van der Waals surface area contributed by atoms with Gasteiger partial charge in [0, 0.05) is 37.5 Å². The summed E-state index contributed by atoms with van der Waals surface area (Å²) in [6.45, 7) is 3.19. The quantitative estimate of drug-likeness (QED) is 0.826. The van der Waals surface area contributed by atoms with Gasteiger partial charge in [0.05, 0.1) is 5.01 Å². The molecule has 1 aliphatic heterocycles. The zero-order chi connectivity index (χ0) is 17.6. The van der Waals surface area contributed by atoms with Gasteiger partial charge in [-0.2, -0.15) is 0 Å². The summed E-state index contributed by atoms with van der Waals surface area (Å²) in [5, 5.41) is 5.78. The van der Waals surface area contributed by atoms with Gasteiger partial charge in [0.25, 0.3) is 5.91 Å². The molecule has 0 radical (unpaired) electrons. The van der Waals surface area contributed by atoms with E-state index in [1.165, 1.54) is 23.5 Å². The second-order valence-electron chi connectivity index (χ2n) is 6.32. The lowest BCUT2D eigenvalue weighted by atomic mass is 10.0. The lowest BCUT2D eigenvalue weighted by molar-refractivity contribution is 0.0904. The van der Waals surface area contributed by atoms with Crippen molar-refractivity contribution < 1.29 is 9.18 Å². The van der Waals surface area contributed by atoms with Crippen molar-refractivity contribution in [3.05, 3.63) is 51.7 Å². The highest BCUT2D eigenvalue weighted by Gasteiger charge is 2.22. The number of nitrogens with one attached hydrogen (secondary N) is 1. The van der Waals surface area contributed by atoms with Crippen molar-refractivity contribution in [3.63, 3.8) is 0 Å². The molecular weight excluding hydrogens is 339 g/mol. The van der Waals surface area contributed by atoms with Crippen molar-refractivity contribution in [2.45, 2.75) is 31.8 Å². The smallest absolute Gasteiger partial charge is 0.270 e. The molecule has 3 rings (SSSR count). The Morgan fingerprint density at radius 3 is 2.72 bits per heavy atom. The molecule has 25 heavy (non-hydrogen) atoms. The number of likely N-dealkylation sites (tertiary alicyclic amines) is 1. The Balaban J connectivity index is 1.45. The maximum Gasteiger partial charge on any atom is 0.270 e. The van der Waals surface area contributed by atoms with Crippen LogP contribution in [0.2, 0.25) is 0 Å². The summed E-state index contributed by atoms with van der Waals surface area (Å²) in [6, 6.07) is 6.82. The minimum Gasteiger partial charge on any atom is -0.348 e. The highest BCUT2D eigenvalue weighted by Crippen LogP contribution is 2.16. The van der Waals surface area contributed by atoms with Crippen molar-refractivity contribution in [1.82, 2.24) is 15.2 Å². The van der Waals surface area contributed by atoms with Crippen LogP contribution in [0.5, 0.6) is 0 Å². The van der Waals surface area contributed by atoms with Crippen LogP contribution in [0.15, 0.2) is 29.6 Å². The predicted molar refractivity (Wildman–Crippen MR) is 97.0 cm³/mol. The third kappa shape index (κ3) is 5.07. The molecule has 1 amide bonds. The van der Waals surface area contributed by atoms with Gasteiger partial charge in [-0.05, 0) is 37.1 Å². The van der Waals surface area contributed by atoms with Gasteiger partial charge in [-0.15, -0.1) is 11.3 Å². The number of nitrogens with two attached hydrogens (primary N) is 1. The first kappa shape index (κ1) is 18.0. The van der Waals surface area contributed by atoms with Crippen molar-refractivity contribution in [2.24, 2.45) is 5.73 Å². The van der Waals surface area contributed by atoms with Gasteiger partial charge in [0.1, 0.15) is 11.5 Å². The van der Waals surface area contributed by atoms with Gasteiger partial charge < -0.3 is 11.1 Å². The maximum atomic E-state index is 13.0. The summed E-state index contributed by atoms with van der Waals surface area (Å²) < 4.78 is 13.0. The SMILES string of the molecule is NCCc1nc(C(=O)NC2CCN(Cc3ccc(F)cc3)CC2)cs1. The fraction of sp³-hybridized carbons (Fsp3) is 0.444. The van der Waals surface area contributed by atoms with Gasteiger partial charge in [-0.1, -0.05) is 12.1 Å². The van der Waals surface area contributed by atoms with E-state index in [0.29, 0.717) is 18.7 Å². The fourth-order valence-corrected chi connectivity index (χ4v) is 3.79. The zero-order valence-electron chi connectivity index (χ0n) is 14.1. The number of amides is 1. The Morgan fingerprint density at radius 1 is 1.32 bits per heavy atom. The molecule has 1 aliphatic rings. The number of hydrogen-bond acceptors (Lipinski definition) is 5. The predicted octanol–water partition coefficient (Wildman–Crippen LogP) is 2.18. The molecular formula is C18H23FN4OS. The summed E-state index contributed by atoms with van der Waals surface area (Å²) in [4.78, 5) is 18.9. The Hall–Kier alpha value is -1.83. The average molecular weight is 362 g/mol. The van der Waals surface area contributed by atoms with Crippen LogP contribution in [0, 0.1) is 5.82 Å². The van der Waals surface area contributed by atoms with Crippen LogP contribution in [0.25, 0.3) is 0 Å². The topological polar surface area (TPSA) is 71.2 Å². The van der Waals surface area contributed by atoms with E-state index in [2.05, 4.69) is 15.2 Å². The lowest BCUT2D eigenvalue weighted by Gasteiger charge is -2.32. The third-order valence-electron chi connectivity index (χ3n) is 4.38. The number of piperidine rings is 1. The van der Waals surface area contributed by atoms with Crippen molar-refractivity contribution >= 4 is 17.2 Å². The van der Waals surface area contributed by atoms with Crippen LogP contribution in [0.3, 0.4) is 0 Å². The Morgan fingerprint density at radius 2 is 2.04 bits per heavy atom. The zero-order valence-corrected chi connectivity index (χ0v) is 14.9. The summed E-state index contributed by atoms with van der Waals surface area (Å²) in [7, 11) is 0. The molecule has 0 aliphatic carbocycles. The van der Waals surface area contributed by atoms with Gasteiger partial charge >= 0.3 is 0 Å². The average Bonchev–Trinajstić information content (AvgIpc) is 3.08. The molecule has 5 nitrogen and oxygen atoms in total.